The molecule has 2 fully saturated rings. The summed E-state index contributed by atoms with van der Waals surface area (Å²) >= 11 is 12.8. The maximum Gasteiger partial charge on any atom is 0.341 e. The molecule has 2 aromatic carbocycles. The number of allylic oxidation sites excluding steroid dienone is 1. The number of rotatable bonds is 5. The van der Waals surface area contributed by atoms with Crippen molar-refractivity contribution in [2.45, 2.75) is 25.2 Å². The Hall–Kier alpha value is -2.50. The zero-order valence-electron chi connectivity index (χ0n) is 17.0. The molecule has 0 spiro atoms. The highest BCUT2D eigenvalue weighted by molar-refractivity contribution is 6.31. The first-order valence-electron chi connectivity index (χ1n) is 10.2. The first-order valence-corrected chi connectivity index (χ1v) is 10.9. The second kappa shape index (κ2) is 8.56. The lowest BCUT2D eigenvalue weighted by molar-refractivity contribution is -0.139. The van der Waals surface area contributed by atoms with Crippen molar-refractivity contribution in [1.82, 2.24) is 5.32 Å². The van der Waals surface area contributed by atoms with Crippen LogP contribution in [0.25, 0.3) is 0 Å². The maximum atomic E-state index is 12.7. The topological polar surface area (TPSA) is 75.6 Å². The van der Waals surface area contributed by atoms with Crippen molar-refractivity contribution < 1.29 is 19.4 Å². The number of halogens is 2. The highest BCUT2D eigenvalue weighted by atomic mass is 35.5. The molecule has 1 heterocycles. The molecular weight excluding hydrogens is 437 g/mol. The van der Waals surface area contributed by atoms with Crippen molar-refractivity contribution >= 4 is 35.1 Å². The van der Waals surface area contributed by atoms with Crippen LogP contribution < -0.4 is 10.1 Å². The van der Waals surface area contributed by atoms with Gasteiger partial charge in [-0.2, -0.15) is 0 Å². The molecule has 1 aliphatic carbocycles. The highest BCUT2D eigenvalue weighted by Gasteiger charge is 2.52. The summed E-state index contributed by atoms with van der Waals surface area (Å²) in [7, 11) is 0. The van der Waals surface area contributed by atoms with Gasteiger partial charge in [0, 0.05) is 27.6 Å². The van der Waals surface area contributed by atoms with Gasteiger partial charge in [-0.25, -0.2) is 4.79 Å². The molecule has 0 aromatic heterocycles. The second-order valence-electron chi connectivity index (χ2n) is 8.33. The van der Waals surface area contributed by atoms with Gasteiger partial charge < -0.3 is 15.2 Å². The van der Waals surface area contributed by atoms with Gasteiger partial charge in [-0.15, -0.1) is 0 Å². The molecule has 5 nitrogen and oxygen atoms in total. The molecular formula is C24H23Cl2NO4. The molecule has 31 heavy (non-hydrogen) atoms. The van der Waals surface area contributed by atoms with Crippen molar-refractivity contribution in [3.63, 3.8) is 0 Å². The lowest BCUT2D eigenvalue weighted by Gasteiger charge is -2.43. The largest absolute Gasteiger partial charge is 0.482 e. The molecule has 5 atom stereocenters. The van der Waals surface area contributed by atoms with Gasteiger partial charge in [-0.05, 0) is 59.6 Å². The minimum atomic E-state index is -1.05. The van der Waals surface area contributed by atoms with E-state index in [-0.39, 0.29) is 35.5 Å². The number of carbonyl (C=O) groups excluding carboxylic acids is 1. The lowest BCUT2D eigenvalue weighted by Crippen LogP contribution is -2.37. The molecule has 4 rings (SSSR count). The number of aliphatic carboxylic acids is 1. The van der Waals surface area contributed by atoms with E-state index in [4.69, 9.17) is 33.0 Å². The van der Waals surface area contributed by atoms with Gasteiger partial charge >= 0.3 is 5.97 Å². The van der Waals surface area contributed by atoms with Crippen molar-refractivity contribution in [2.75, 3.05) is 6.61 Å². The summed E-state index contributed by atoms with van der Waals surface area (Å²) < 4.78 is 5.27. The maximum absolute atomic E-state index is 12.7. The molecule has 2 aromatic rings. The van der Waals surface area contributed by atoms with Crippen molar-refractivity contribution in [3.8, 4) is 5.75 Å². The molecule has 7 heteroatoms. The normalized spacial score (nSPS) is 27.5. The van der Waals surface area contributed by atoms with Gasteiger partial charge in [0.05, 0.1) is 0 Å². The van der Waals surface area contributed by atoms with Crippen molar-refractivity contribution in [3.05, 3.63) is 75.9 Å². The Kier molecular flexibility index (Phi) is 6.00. The predicted octanol–water partition coefficient (Wildman–Crippen LogP) is 5.24. The Morgan fingerprint density at radius 1 is 1.16 bits per heavy atom. The summed E-state index contributed by atoms with van der Waals surface area (Å²) in [5, 5.41) is 13.0. The van der Waals surface area contributed by atoms with Crippen LogP contribution in [0, 0.1) is 17.8 Å². The van der Waals surface area contributed by atoms with Crippen LogP contribution >= 0.6 is 23.2 Å². The van der Waals surface area contributed by atoms with Crippen LogP contribution in [0.2, 0.25) is 10.0 Å². The van der Waals surface area contributed by atoms with Gasteiger partial charge in [0.1, 0.15) is 5.75 Å². The Morgan fingerprint density at radius 2 is 1.87 bits per heavy atom. The molecule has 1 aliphatic heterocycles. The fraction of sp³-hybridized carbons (Fsp3) is 0.333. The van der Waals surface area contributed by atoms with Crippen LogP contribution in [0.3, 0.4) is 0 Å². The lowest BCUT2D eigenvalue weighted by atomic mass is 9.59. The number of carboxylic acids is 1. The number of amides is 1. The van der Waals surface area contributed by atoms with Crippen LogP contribution in [0.5, 0.6) is 5.75 Å². The van der Waals surface area contributed by atoms with Crippen LogP contribution in [-0.2, 0) is 9.59 Å². The summed E-state index contributed by atoms with van der Waals surface area (Å²) in [4.78, 5) is 23.4. The first-order chi connectivity index (χ1) is 14.8. The van der Waals surface area contributed by atoms with Gasteiger partial charge in [0.25, 0.3) is 0 Å². The molecule has 1 amide bonds. The summed E-state index contributed by atoms with van der Waals surface area (Å²) in [6.07, 6.45) is 0.782. The first kappa shape index (κ1) is 21.7. The van der Waals surface area contributed by atoms with Crippen LogP contribution in [-0.4, -0.2) is 23.6 Å². The fourth-order valence-corrected chi connectivity index (χ4v) is 5.63. The molecule has 2 N–H and O–H groups in total. The molecule has 0 bridgehead atoms. The number of nitrogens with one attached hydrogen (secondary N) is 1. The van der Waals surface area contributed by atoms with Crippen molar-refractivity contribution in [1.29, 1.82) is 0 Å². The number of hydrogen-bond donors (Lipinski definition) is 2. The van der Waals surface area contributed by atoms with Gasteiger partial charge in [-0.1, -0.05) is 54.9 Å². The van der Waals surface area contributed by atoms with Crippen molar-refractivity contribution in [2.24, 2.45) is 17.8 Å². The quantitative estimate of drug-likeness (QED) is 0.640. The van der Waals surface area contributed by atoms with Crippen LogP contribution in [0.1, 0.15) is 36.3 Å². The van der Waals surface area contributed by atoms with E-state index in [2.05, 4.69) is 18.8 Å². The number of carboxylic acid groups (broad SMARTS) is 1. The van der Waals surface area contributed by atoms with E-state index in [0.717, 1.165) is 23.2 Å². The Labute approximate surface area is 191 Å². The van der Waals surface area contributed by atoms with E-state index in [1.807, 2.05) is 30.3 Å². The third-order valence-electron chi connectivity index (χ3n) is 6.42. The molecule has 1 saturated carbocycles. The Balaban J connectivity index is 1.76. The SMILES string of the molecule is C=C1NC(=O)[C@H]2[C@@H]1[C@@H](c1ccc(Cl)cc1)[C@H](c1ccc(OCC(=O)O)cc1Cl)C[C@H]2C. The number of carbonyl (C=O) groups is 2. The molecule has 0 radical (unpaired) electrons. The van der Waals surface area contributed by atoms with Gasteiger partial charge in [0.15, 0.2) is 6.61 Å². The molecule has 162 valence electrons. The monoisotopic (exact) mass is 459 g/mol. The minimum Gasteiger partial charge on any atom is -0.482 e. The van der Waals surface area contributed by atoms with E-state index in [9.17, 15) is 9.59 Å². The van der Waals surface area contributed by atoms with Gasteiger partial charge in [-0.3, -0.25) is 4.79 Å². The summed E-state index contributed by atoms with van der Waals surface area (Å²) in [5.74, 6) is -0.616. The average molecular weight is 460 g/mol. The highest BCUT2D eigenvalue weighted by Crippen LogP contribution is 2.56. The average Bonchev–Trinajstić information content (AvgIpc) is 3.02. The van der Waals surface area contributed by atoms with Crippen LogP contribution in [0.15, 0.2) is 54.7 Å². The summed E-state index contributed by atoms with van der Waals surface area (Å²) in [6, 6.07) is 13.0. The Morgan fingerprint density at radius 3 is 2.52 bits per heavy atom. The van der Waals surface area contributed by atoms with Crippen LogP contribution in [0.4, 0.5) is 0 Å². The van der Waals surface area contributed by atoms with E-state index >= 15 is 0 Å². The zero-order chi connectivity index (χ0) is 22.3. The summed E-state index contributed by atoms with van der Waals surface area (Å²) in [6.45, 7) is 5.82. The Bertz CT molecular complexity index is 1040. The number of ether oxygens (including phenoxy) is 1. The van der Waals surface area contributed by atoms with E-state index in [1.165, 1.54) is 0 Å². The summed E-state index contributed by atoms with van der Waals surface area (Å²) in [5.41, 5.74) is 2.77. The van der Waals surface area contributed by atoms with E-state index in [1.54, 1.807) is 12.1 Å². The van der Waals surface area contributed by atoms with E-state index < -0.39 is 12.6 Å². The minimum absolute atomic E-state index is 0.00629. The predicted molar refractivity (Wildman–Crippen MR) is 120 cm³/mol. The van der Waals surface area contributed by atoms with E-state index in [0.29, 0.717) is 15.8 Å². The molecule has 1 saturated heterocycles. The zero-order valence-corrected chi connectivity index (χ0v) is 18.5. The third-order valence-corrected chi connectivity index (χ3v) is 7.00. The number of hydrogen-bond acceptors (Lipinski definition) is 3. The molecule has 0 unspecified atom stereocenters. The standard InChI is InChI=1S/C24H23Cl2NO4/c1-12-9-18(17-8-7-16(10-19(17)26)31-11-20(28)29)23(14-3-5-15(25)6-4-14)22-13(2)27-24(30)21(12)22/h3-8,10,12,18,21-23H,2,9,11H2,1H3,(H,27,30)(H,28,29)/t12-,18+,21-,22-,23+/m1/s1. The molecule has 2 aliphatic rings. The smallest absolute Gasteiger partial charge is 0.341 e. The fourth-order valence-electron chi connectivity index (χ4n) is 5.19. The number of benzene rings is 2. The number of fused-ring (bicyclic) bond motifs is 1. The second-order valence-corrected chi connectivity index (χ2v) is 9.17. The third kappa shape index (κ3) is 4.17. The van der Waals surface area contributed by atoms with Gasteiger partial charge in [0.2, 0.25) is 5.91 Å².